The molecule has 0 bridgehead atoms. The van der Waals surface area contributed by atoms with Gasteiger partial charge in [-0.1, -0.05) is 49.3 Å². The van der Waals surface area contributed by atoms with Crippen molar-refractivity contribution in [1.82, 2.24) is 0 Å². The Morgan fingerprint density at radius 3 is 2.68 bits per heavy atom. The number of carboxylic acid groups (broad SMARTS) is 1. The van der Waals surface area contributed by atoms with E-state index in [0.29, 0.717) is 6.61 Å². The van der Waals surface area contributed by atoms with E-state index in [0.717, 1.165) is 6.42 Å². The molecule has 2 rings (SSSR count). The first-order chi connectivity index (χ1) is 9.03. The molecule has 1 saturated carbocycles. The van der Waals surface area contributed by atoms with Crippen LogP contribution >= 0.6 is 0 Å². The molecule has 4 heteroatoms. The Kier molecular flexibility index (Phi) is 3.88. The van der Waals surface area contributed by atoms with Gasteiger partial charge in [-0.25, -0.2) is 0 Å². The van der Waals surface area contributed by atoms with Crippen molar-refractivity contribution in [2.24, 2.45) is 22.4 Å². The van der Waals surface area contributed by atoms with Crippen molar-refractivity contribution in [3.8, 4) is 0 Å². The number of hydrogen-bond donors (Lipinski definition) is 1. The Balaban J connectivity index is 1.72. The third kappa shape index (κ3) is 3.13. The minimum absolute atomic E-state index is 0.0262. The van der Waals surface area contributed by atoms with Crippen LogP contribution in [0, 0.1) is 17.3 Å². The van der Waals surface area contributed by atoms with E-state index in [2.05, 4.69) is 5.16 Å². The first kappa shape index (κ1) is 13.6. The van der Waals surface area contributed by atoms with Crippen LogP contribution in [0.25, 0.3) is 0 Å². The van der Waals surface area contributed by atoms with Crippen molar-refractivity contribution in [3.05, 3.63) is 35.9 Å². The zero-order chi connectivity index (χ0) is 13.9. The topological polar surface area (TPSA) is 58.9 Å². The van der Waals surface area contributed by atoms with Crippen molar-refractivity contribution in [2.45, 2.75) is 20.3 Å². The van der Waals surface area contributed by atoms with Crippen LogP contribution in [0.5, 0.6) is 0 Å². The second kappa shape index (κ2) is 5.43. The van der Waals surface area contributed by atoms with Gasteiger partial charge in [0, 0.05) is 18.6 Å². The maximum Gasteiger partial charge on any atom is 0.307 e. The fraction of sp³-hybridized carbons (Fsp3) is 0.467. The average molecular weight is 261 g/mol. The summed E-state index contributed by atoms with van der Waals surface area (Å²) < 4.78 is 0. The lowest BCUT2D eigenvalue weighted by atomic mass is 10.1. The quantitative estimate of drug-likeness (QED) is 0.486. The monoisotopic (exact) mass is 261 g/mol. The number of oxime groups is 1. The molecule has 19 heavy (non-hydrogen) atoms. The number of nitrogens with zero attached hydrogens (tertiary/aromatic N) is 1. The van der Waals surface area contributed by atoms with E-state index in [4.69, 9.17) is 9.94 Å². The van der Waals surface area contributed by atoms with Gasteiger partial charge in [0.15, 0.2) is 0 Å². The van der Waals surface area contributed by atoms with Crippen molar-refractivity contribution in [1.29, 1.82) is 0 Å². The van der Waals surface area contributed by atoms with Gasteiger partial charge < -0.3 is 9.94 Å². The van der Waals surface area contributed by atoms with Crippen LogP contribution in [0.4, 0.5) is 0 Å². The van der Waals surface area contributed by atoms with E-state index in [1.165, 1.54) is 5.56 Å². The van der Waals surface area contributed by atoms with E-state index >= 15 is 0 Å². The van der Waals surface area contributed by atoms with E-state index in [-0.39, 0.29) is 17.3 Å². The molecule has 2 atom stereocenters. The molecule has 1 aliphatic carbocycles. The predicted octanol–water partition coefficient (Wildman–Crippen LogP) is 2.59. The Morgan fingerprint density at radius 2 is 2.11 bits per heavy atom. The molecular weight excluding hydrogens is 242 g/mol. The summed E-state index contributed by atoms with van der Waals surface area (Å²) in [6.07, 6.45) is 2.43. The largest absolute Gasteiger partial charge is 0.481 e. The lowest BCUT2D eigenvalue weighted by Gasteiger charge is -2.00. The molecule has 0 amide bonds. The number of rotatable bonds is 6. The second-order valence-corrected chi connectivity index (χ2v) is 5.49. The fourth-order valence-corrected chi connectivity index (χ4v) is 2.40. The molecule has 1 aliphatic rings. The van der Waals surface area contributed by atoms with Gasteiger partial charge in [-0.3, -0.25) is 4.79 Å². The SMILES string of the molecule is CC1(C)[C@H](C=NOCCc2ccccc2)[C@H]1C(=O)O. The maximum absolute atomic E-state index is 11.0. The van der Waals surface area contributed by atoms with E-state index < -0.39 is 5.97 Å². The van der Waals surface area contributed by atoms with Crippen molar-refractivity contribution < 1.29 is 14.7 Å². The van der Waals surface area contributed by atoms with Gasteiger partial charge in [0.1, 0.15) is 6.61 Å². The molecule has 0 aromatic heterocycles. The summed E-state index contributed by atoms with van der Waals surface area (Å²) in [5, 5.41) is 12.9. The summed E-state index contributed by atoms with van der Waals surface area (Å²) >= 11 is 0. The van der Waals surface area contributed by atoms with Crippen molar-refractivity contribution in [3.63, 3.8) is 0 Å². The molecule has 0 saturated heterocycles. The van der Waals surface area contributed by atoms with Crippen LogP contribution in [-0.2, 0) is 16.1 Å². The molecule has 0 aliphatic heterocycles. The summed E-state index contributed by atoms with van der Waals surface area (Å²) in [7, 11) is 0. The lowest BCUT2D eigenvalue weighted by Crippen LogP contribution is -2.03. The highest BCUT2D eigenvalue weighted by Gasteiger charge is 2.61. The zero-order valence-electron chi connectivity index (χ0n) is 11.2. The molecule has 1 aromatic carbocycles. The summed E-state index contributed by atoms with van der Waals surface area (Å²) in [6.45, 7) is 4.38. The van der Waals surface area contributed by atoms with E-state index in [9.17, 15) is 4.79 Å². The van der Waals surface area contributed by atoms with Crippen LogP contribution < -0.4 is 0 Å². The van der Waals surface area contributed by atoms with Gasteiger partial charge in [-0.15, -0.1) is 0 Å². The Bertz CT molecular complexity index is 468. The molecule has 1 N–H and O–H groups in total. The highest BCUT2D eigenvalue weighted by atomic mass is 16.6. The van der Waals surface area contributed by atoms with E-state index in [1.54, 1.807) is 6.21 Å². The number of benzene rings is 1. The molecule has 1 aromatic rings. The molecule has 0 unspecified atom stereocenters. The molecule has 1 fully saturated rings. The fourth-order valence-electron chi connectivity index (χ4n) is 2.40. The van der Waals surface area contributed by atoms with Crippen molar-refractivity contribution in [2.75, 3.05) is 6.61 Å². The van der Waals surface area contributed by atoms with Gasteiger partial charge in [-0.05, 0) is 11.0 Å². The summed E-state index contributed by atoms with van der Waals surface area (Å²) in [5.74, 6) is -1.12. The predicted molar refractivity (Wildman–Crippen MR) is 73.0 cm³/mol. The Labute approximate surface area is 113 Å². The van der Waals surface area contributed by atoms with Crippen LogP contribution in [0.2, 0.25) is 0 Å². The lowest BCUT2D eigenvalue weighted by molar-refractivity contribution is -0.139. The van der Waals surface area contributed by atoms with Crippen LogP contribution in [0.15, 0.2) is 35.5 Å². The standard InChI is InChI=1S/C15H19NO3/c1-15(2)12(13(15)14(17)18)10-16-19-9-8-11-6-4-3-5-7-11/h3-7,10,12-13H,8-9H2,1-2H3,(H,17,18)/t12-,13+/m1/s1. The summed E-state index contributed by atoms with van der Waals surface area (Å²) in [6, 6.07) is 10.0. The van der Waals surface area contributed by atoms with Crippen LogP contribution in [-0.4, -0.2) is 23.9 Å². The van der Waals surface area contributed by atoms with Crippen molar-refractivity contribution >= 4 is 12.2 Å². The van der Waals surface area contributed by atoms with Gasteiger partial charge in [-0.2, -0.15) is 0 Å². The van der Waals surface area contributed by atoms with Gasteiger partial charge in [0.2, 0.25) is 0 Å². The number of carboxylic acids is 1. The average Bonchev–Trinajstić information content (AvgIpc) is 2.92. The van der Waals surface area contributed by atoms with Crippen LogP contribution in [0.3, 0.4) is 0 Å². The van der Waals surface area contributed by atoms with Gasteiger partial charge in [0.25, 0.3) is 0 Å². The Hall–Kier alpha value is -1.84. The molecule has 0 radical (unpaired) electrons. The van der Waals surface area contributed by atoms with Gasteiger partial charge in [0.05, 0.1) is 5.92 Å². The normalized spacial score (nSPS) is 24.3. The highest BCUT2D eigenvalue weighted by molar-refractivity contribution is 5.84. The molecular formula is C15H19NO3. The van der Waals surface area contributed by atoms with E-state index in [1.807, 2.05) is 44.2 Å². The third-order valence-electron chi connectivity index (χ3n) is 3.80. The highest BCUT2D eigenvalue weighted by Crippen LogP contribution is 2.57. The molecule has 102 valence electrons. The smallest absolute Gasteiger partial charge is 0.307 e. The minimum Gasteiger partial charge on any atom is -0.481 e. The third-order valence-corrected chi connectivity index (χ3v) is 3.80. The number of carbonyl (C=O) groups is 1. The maximum atomic E-state index is 11.0. The molecule has 4 nitrogen and oxygen atoms in total. The molecule has 0 heterocycles. The number of aliphatic carboxylic acids is 1. The van der Waals surface area contributed by atoms with Crippen LogP contribution in [0.1, 0.15) is 19.4 Å². The summed E-state index contributed by atoms with van der Waals surface area (Å²) in [5.41, 5.74) is 0.992. The second-order valence-electron chi connectivity index (χ2n) is 5.49. The Morgan fingerprint density at radius 1 is 1.42 bits per heavy atom. The van der Waals surface area contributed by atoms with Gasteiger partial charge >= 0.3 is 5.97 Å². The minimum atomic E-state index is -0.759. The first-order valence-electron chi connectivity index (χ1n) is 6.45. The zero-order valence-corrected chi connectivity index (χ0v) is 11.2. The summed E-state index contributed by atoms with van der Waals surface area (Å²) in [4.78, 5) is 16.1. The molecule has 0 spiro atoms. The number of hydrogen-bond acceptors (Lipinski definition) is 3. The first-order valence-corrected chi connectivity index (χ1v) is 6.45.